The average Bonchev–Trinajstić information content (AvgIpc) is 2.98. The van der Waals surface area contributed by atoms with Crippen molar-refractivity contribution >= 4 is 10.8 Å². The maximum absolute atomic E-state index is 12.7. The zero-order valence-electron chi connectivity index (χ0n) is 12.0. The maximum Gasteiger partial charge on any atom is 0.124 e. The van der Waals surface area contributed by atoms with Crippen molar-refractivity contribution in [1.82, 2.24) is 5.32 Å². The zero-order chi connectivity index (χ0) is 13.9. The molecule has 1 N–H and O–H groups in total. The van der Waals surface area contributed by atoms with E-state index in [1.54, 1.807) is 0 Å². The van der Waals surface area contributed by atoms with Crippen molar-refractivity contribution in [3.63, 3.8) is 0 Å². The first-order valence-electron chi connectivity index (χ1n) is 7.55. The molecule has 1 aromatic rings. The van der Waals surface area contributed by atoms with E-state index in [4.69, 9.17) is 4.74 Å². The molecule has 3 rings (SSSR count). The molecule has 2 aliphatic rings. The van der Waals surface area contributed by atoms with Gasteiger partial charge in [-0.3, -0.25) is 4.21 Å². The first kappa shape index (κ1) is 14.1. The lowest BCUT2D eigenvalue weighted by Crippen LogP contribution is -2.42. The highest BCUT2D eigenvalue weighted by molar-refractivity contribution is 7.85. The van der Waals surface area contributed by atoms with Crippen LogP contribution in [0.5, 0.6) is 5.75 Å². The third-order valence-electron chi connectivity index (χ3n) is 4.55. The van der Waals surface area contributed by atoms with E-state index in [1.165, 1.54) is 25.7 Å². The lowest BCUT2D eigenvalue weighted by Gasteiger charge is -2.33. The summed E-state index contributed by atoms with van der Waals surface area (Å²) in [6.45, 7) is 0.557. The summed E-state index contributed by atoms with van der Waals surface area (Å²) in [7, 11) is 1.13. The summed E-state index contributed by atoms with van der Waals surface area (Å²) in [6.07, 6.45) is 5.11. The Kier molecular flexibility index (Phi) is 4.41. The largest absolute Gasteiger partial charge is 0.492 e. The van der Waals surface area contributed by atoms with E-state index in [0.717, 1.165) is 17.1 Å². The molecule has 0 aromatic heterocycles. The van der Waals surface area contributed by atoms with Crippen molar-refractivity contribution < 1.29 is 8.95 Å². The summed E-state index contributed by atoms with van der Waals surface area (Å²) in [5.74, 6) is 2.43. The lowest BCUT2D eigenvalue weighted by atomic mass is 10.0. The van der Waals surface area contributed by atoms with Crippen LogP contribution in [0.2, 0.25) is 0 Å². The Bertz CT molecular complexity index is 485. The number of fused-ring (bicyclic) bond motifs is 1. The van der Waals surface area contributed by atoms with Crippen molar-refractivity contribution in [1.29, 1.82) is 0 Å². The molecule has 3 unspecified atom stereocenters. The molecule has 0 amide bonds. The topological polar surface area (TPSA) is 38.3 Å². The van der Waals surface area contributed by atoms with Gasteiger partial charge in [-0.05, 0) is 31.9 Å². The second-order valence-corrected chi connectivity index (χ2v) is 7.55. The fraction of sp³-hybridized carbons (Fsp3) is 0.625. The molecule has 4 heteroatoms. The highest BCUT2D eigenvalue weighted by Gasteiger charge is 2.35. The molecule has 0 radical (unpaired) electrons. The SMILES string of the molecule is CNC1c2ccccc2OCC1S(=O)CC1CCCC1. The molecule has 0 saturated heterocycles. The van der Waals surface area contributed by atoms with Crippen LogP contribution in [0.25, 0.3) is 0 Å². The number of hydrogen-bond acceptors (Lipinski definition) is 3. The van der Waals surface area contributed by atoms with Crippen molar-refractivity contribution in [3.8, 4) is 5.75 Å². The third kappa shape index (κ3) is 2.77. The fourth-order valence-electron chi connectivity index (χ4n) is 3.44. The monoisotopic (exact) mass is 293 g/mol. The second kappa shape index (κ2) is 6.27. The van der Waals surface area contributed by atoms with Gasteiger partial charge in [0.15, 0.2) is 0 Å². The van der Waals surface area contributed by atoms with E-state index < -0.39 is 10.8 Å². The summed E-state index contributed by atoms with van der Waals surface area (Å²) >= 11 is 0. The molecule has 0 bridgehead atoms. The molecule has 1 aliphatic heterocycles. The molecular weight excluding hydrogens is 270 g/mol. The highest BCUT2D eigenvalue weighted by Crippen LogP contribution is 2.35. The normalized spacial score (nSPS) is 27.9. The third-order valence-corrected chi connectivity index (χ3v) is 6.44. The van der Waals surface area contributed by atoms with Crippen LogP contribution in [0, 0.1) is 5.92 Å². The minimum Gasteiger partial charge on any atom is -0.492 e. The van der Waals surface area contributed by atoms with E-state index in [9.17, 15) is 4.21 Å². The number of benzene rings is 1. The molecular formula is C16H23NO2S. The van der Waals surface area contributed by atoms with Crippen LogP contribution in [-0.4, -0.2) is 28.9 Å². The van der Waals surface area contributed by atoms with E-state index in [2.05, 4.69) is 11.4 Å². The van der Waals surface area contributed by atoms with Crippen LogP contribution in [-0.2, 0) is 10.8 Å². The Balaban J connectivity index is 1.75. The Morgan fingerprint density at radius 1 is 1.30 bits per heavy atom. The summed E-state index contributed by atoms with van der Waals surface area (Å²) in [5, 5.41) is 3.41. The Labute approximate surface area is 123 Å². The zero-order valence-corrected chi connectivity index (χ0v) is 12.8. The van der Waals surface area contributed by atoms with Crippen molar-refractivity contribution in [2.24, 2.45) is 5.92 Å². The molecule has 1 saturated carbocycles. The van der Waals surface area contributed by atoms with E-state index >= 15 is 0 Å². The van der Waals surface area contributed by atoms with Crippen molar-refractivity contribution in [3.05, 3.63) is 29.8 Å². The Morgan fingerprint density at radius 3 is 2.80 bits per heavy atom. The number of hydrogen-bond donors (Lipinski definition) is 1. The summed E-state index contributed by atoms with van der Waals surface area (Å²) < 4.78 is 18.5. The van der Waals surface area contributed by atoms with Gasteiger partial charge in [-0.15, -0.1) is 0 Å². The van der Waals surface area contributed by atoms with Gasteiger partial charge in [0.1, 0.15) is 12.4 Å². The van der Waals surface area contributed by atoms with Crippen LogP contribution in [0.3, 0.4) is 0 Å². The molecule has 3 atom stereocenters. The predicted octanol–water partition coefficient (Wildman–Crippen LogP) is 2.65. The minimum absolute atomic E-state index is 0.0653. The lowest BCUT2D eigenvalue weighted by molar-refractivity contribution is 0.262. The van der Waals surface area contributed by atoms with Gasteiger partial charge in [0, 0.05) is 22.1 Å². The van der Waals surface area contributed by atoms with E-state index in [1.807, 2.05) is 25.2 Å². The number of rotatable bonds is 4. The van der Waals surface area contributed by atoms with Crippen LogP contribution in [0.1, 0.15) is 37.3 Å². The quantitative estimate of drug-likeness (QED) is 0.927. The van der Waals surface area contributed by atoms with Gasteiger partial charge in [0.05, 0.1) is 11.3 Å². The van der Waals surface area contributed by atoms with Gasteiger partial charge in [-0.1, -0.05) is 31.0 Å². The van der Waals surface area contributed by atoms with E-state index in [0.29, 0.717) is 12.5 Å². The number of para-hydroxylation sites is 1. The van der Waals surface area contributed by atoms with Gasteiger partial charge < -0.3 is 10.1 Å². The van der Waals surface area contributed by atoms with Crippen LogP contribution in [0.15, 0.2) is 24.3 Å². The smallest absolute Gasteiger partial charge is 0.124 e. The first-order valence-corrected chi connectivity index (χ1v) is 8.94. The van der Waals surface area contributed by atoms with Crippen LogP contribution in [0.4, 0.5) is 0 Å². The van der Waals surface area contributed by atoms with Gasteiger partial charge in [-0.25, -0.2) is 0 Å². The standard InChI is InChI=1S/C16H23NO2S/c1-17-16-13-8-4-5-9-14(13)19-10-15(16)20(18)11-12-6-2-3-7-12/h4-5,8-9,12,15-17H,2-3,6-7,10-11H2,1H3. The average molecular weight is 293 g/mol. The summed E-state index contributed by atoms with van der Waals surface area (Å²) in [4.78, 5) is 0. The van der Waals surface area contributed by atoms with E-state index in [-0.39, 0.29) is 11.3 Å². The van der Waals surface area contributed by atoms with Gasteiger partial charge in [0.2, 0.25) is 0 Å². The molecule has 1 fully saturated rings. The predicted molar refractivity (Wildman–Crippen MR) is 82.5 cm³/mol. The molecule has 3 nitrogen and oxygen atoms in total. The summed E-state index contributed by atoms with van der Waals surface area (Å²) in [5.41, 5.74) is 1.14. The van der Waals surface area contributed by atoms with Gasteiger partial charge in [0.25, 0.3) is 0 Å². The fourth-order valence-corrected chi connectivity index (χ4v) is 5.29. The number of ether oxygens (including phenoxy) is 1. The summed E-state index contributed by atoms with van der Waals surface area (Å²) in [6, 6.07) is 8.23. The molecule has 1 aliphatic carbocycles. The molecule has 1 aromatic carbocycles. The van der Waals surface area contributed by atoms with Crippen LogP contribution < -0.4 is 10.1 Å². The molecule has 20 heavy (non-hydrogen) atoms. The van der Waals surface area contributed by atoms with Crippen molar-refractivity contribution in [2.45, 2.75) is 37.0 Å². The first-order chi connectivity index (χ1) is 9.79. The molecule has 1 heterocycles. The number of nitrogens with one attached hydrogen (secondary N) is 1. The van der Waals surface area contributed by atoms with Crippen molar-refractivity contribution in [2.75, 3.05) is 19.4 Å². The maximum atomic E-state index is 12.7. The molecule has 110 valence electrons. The Morgan fingerprint density at radius 2 is 2.05 bits per heavy atom. The van der Waals surface area contributed by atoms with Gasteiger partial charge in [-0.2, -0.15) is 0 Å². The second-order valence-electron chi connectivity index (χ2n) is 5.85. The molecule has 0 spiro atoms. The Hall–Kier alpha value is -0.870. The van der Waals surface area contributed by atoms with Gasteiger partial charge >= 0.3 is 0 Å². The minimum atomic E-state index is -0.821. The van der Waals surface area contributed by atoms with Crippen LogP contribution >= 0.6 is 0 Å². The highest BCUT2D eigenvalue weighted by atomic mass is 32.2.